The second kappa shape index (κ2) is 4.04. The Morgan fingerprint density at radius 2 is 2.12 bits per heavy atom. The maximum absolute atomic E-state index is 12.0. The zero-order valence-corrected chi connectivity index (χ0v) is 11.7. The first kappa shape index (κ1) is 11.9. The molecule has 0 amide bonds. The lowest BCUT2D eigenvalue weighted by Crippen LogP contribution is -2.30. The molecule has 0 radical (unpaired) electrons. The summed E-state index contributed by atoms with van der Waals surface area (Å²) in [5.41, 5.74) is 1.71. The molecule has 1 aromatic rings. The highest BCUT2D eigenvalue weighted by Gasteiger charge is 2.33. The first-order valence-electron chi connectivity index (χ1n) is 5.19. The largest absolute Gasteiger partial charge is 0.269 e. The summed E-state index contributed by atoms with van der Waals surface area (Å²) in [5, 5.41) is 0. The fourth-order valence-electron chi connectivity index (χ4n) is 1.88. The van der Waals surface area contributed by atoms with E-state index in [1.807, 2.05) is 32.0 Å². The number of halogens is 1. The van der Waals surface area contributed by atoms with Gasteiger partial charge in [-0.3, -0.25) is 4.31 Å². The van der Waals surface area contributed by atoms with E-state index < -0.39 is 10.0 Å². The molecule has 3 nitrogen and oxygen atoms in total. The number of fused-ring (bicyclic) bond motifs is 1. The van der Waals surface area contributed by atoms with Crippen LogP contribution in [0.2, 0.25) is 0 Å². The van der Waals surface area contributed by atoms with Crippen LogP contribution in [0, 0.1) is 5.92 Å². The Hall–Kier alpha value is -0.550. The van der Waals surface area contributed by atoms with Crippen molar-refractivity contribution in [2.75, 3.05) is 10.8 Å². The highest BCUT2D eigenvalue weighted by molar-refractivity contribution is 9.10. The van der Waals surface area contributed by atoms with Crippen molar-refractivity contribution in [2.45, 2.75) is 19.6 Å². The molecule has 0 fully saturated rings. The number of anilines is 1. The summed E-state index contributed by atoms with van der Waals surface area (Å²) < 4.78 is 26.4. The van der Waals surface area contributed by atoms with Gasteiger partial charge in [-0.1, -0.05) is 29.8 Å². The van der Waals surface area contributed by atoms with Crippen molar-refractivity contribution in [3.8, 4) is 0 Å². The molecule has 0 aromatic heterocycles. The highest BCUT2D eigenvalue weighted by atomic mass is 79.9. The fourth-order valence-corrected chi connectivity index (χ4v) is 4.07. The van der Waals surface area contributed by atoms with Gasteiger partial charge in [0.05, 0.1) is 11.4 Å². The molecule has 16 heavy (non-hydrogen) atoms. The summed E-state index contributed by atoms with van der Waals surface area (Å²) in [7, 11) is -3.15. The van der Waals surface area contributed by atoms with Gasteiger partial charge in [0.2, 0.25) is 10.0 Å². The van der Waals surface area contributed by atoms with Gasteiger partial charge in [0, 0.05) is 11.0 Å². The molecule has 0 atom stereocenters. The summed E-state index contributed by atoms with van der Waals surface area (Å²) in [4.78, 5) is 0. The van der Waals surface area contributed by atoms with Crippen LogP contribution in [0.1, 0.15) is 19.4 Å². The molecule has 88 valence electrons. The van der Waals surface area contributed by atoms with Crippen molar-refractivity contribution in [1.82, 2.24) is 0 Å². The zero-order chi connectivity index (χ0) is 11.9. The third-order valence-electron chi connectivity index (χ3n) is 2.51. The Balaban J connectivity index is 2.46. The van der Waals surface area contributed by atoms with E-state index in [2.05, 4.69) is 15.9 Å². The number of rotatable bonds is 2. The molecule has 5 heteroatoms. The number of sulfonamides is 1. The van der Waals surface area contributed by atoms with Crippen LogP contribution >= 0.6 is 15.9 Å². The summed E-state index contributed by atoms with van der Waals surface area (Å²) >= 11 is 3.36. The third-order valence-corrected chi connectivity index (χ3v) is 4.70. The lowest BCUT2D eigenvalue weighted by Gasteiger charge is -2.20. The molecule has 1 heterocycles. The van der Waals surface area contributed by atoms with Crippen molar-refractivity contribution in [3.05, 3.63) is 28.2 Å². The van der Waals surface area contributed by atoms with Crippen LogP contribution in [0.25, 0.3) is 0 Å². The Morgan fingerprint density at radius 3 is 2.75 bits per heavy atom. The lowest BCUT2D eigenvalue weighted by molar-refractivity contribution is 0.582. The number of nitrogens with zero attached hydrogens (tertiary/aromatic N) is 1. The van der Waals surface area contributed by atoms with E-state index in [1.54, 1.807) is 0 Å². The van der Waals surface area contributed by atoms with Gasteiger partial charge in [-0.2, -0.15) is 0 Å². The molecule has 0 spiro atoms. The van der Waals surface area contributed by atoms with Crippen LogP contribution in [-0.2, 0) is 15.8 Å². The first-order valence-corrected chi connectivity index (χ1v) is 7.59. The summed E-state index contributed by atoms with van der Waals surface area (Å²) in [5.74, 6) is 0.443. The van der Waals surface area contributed by atoms with Gasteiger partial charge in [-0.15, -0.1) is 0 Å². The van der Waals surface area contributed by atoms with E-state index >= 15 is 0 Å². The lowest BCUT2D eigenvalue weighted by atomic mass is 10.1. The van der Waals surface area contributed by atoms with E-state index in [1.165, 1.54) is 4.31 Å². The molecule has 0 N–H and O–H groups in total. The average molecular weight is 304 g/mol. The number of hydrogen-bond donors (Lipinski definition) is 0. The highest BCUT2D eigenvalue weighted by Crippen LogP contribution is 2.35. The second-order valence-corrected chi connectivity index (χ2v) is 7.26. The van der Waals surface area contributed by atoms with E-state index in [9.17, 15) is 8.42 Å². The summed E-state index contributed by atoms with van der Waals surface area (Å²) in [6.07, 6.45) is 0. The fraction of sp³-hybridized carbons (Fsp3) is 0.455. The molecule has 0 saturated heterocycles. The van der Waals surface area contributed by atoms with Crippen molar-refractivity contribution in [2.24, 2.45) is 5.92 Å². The van der Waals surface area contributed by atoms with Gasteiger partial charge in [-0.05, 0) is 29.7 Å². The van der Waals surface area contributed by atoms with Crippen LogP contribution < -0.4 is 4.31 Å². The molecule has 1 aromatic carbocycles. The molecular weight excluding hydrogens is 290 g/mol. The Bertz CT molecular complexity index is 511. The minimum atomic E-state index is -3.15. The maximum Gasteiger partial charge on any atom is 0.239 e. The van der Waals surface area contributed by atoms with Gasteiger partial charge in [0.15, 0.2) is 0 Å². The van der Waals surface area contributed by atoms with Crippen molar-refractivity contribution < 1.29 is 8.42 Å². The summed E-state index contributed by atoms with van der Waals surface area (Å²) in [6, 6.07) is 5.63. The SMILES string of the molecule is CC(C)CN1c2ccc(Br)cc2CS1(=O)=O. The molecule has 2 rings (SSSR count). The zero-order valence-electron chi connectivity index (χ0n) is 9.27. The molecule has 1 aliphatic heterocycles. The van der Waals surface area contributed by atoms with Gasteiger partial charge in [0.1, 0.15) is 0 Å². The molecule has 1 aliphatic rings. The normalized spacial score (nSPS) is 17.9. The predicted octanol–water partition coefficient (Wildman–Crippen LogP) is 2.75. The topological polar surface area (TPSA) is 37.4 Å². The molecule has 0 bridgehead atoms. The maximum atomic E-state index is 12.0. The molecular formula is C11H14BrNO2S. The van der Waals surface area contributed by atoms with Crippen LogP contribution in [0.4, 0.5) is 5.69 Å². The van der Waals surface area contributed by atoms with Gasteiger partial charge < -0.3 is 0 Å². The van der Waals surface area contributed by atoms with Gasteiger partial charge >= 0.3 is 0 Å². The van der Waals surface area contributed by atoms with E-state index in [4.69, 9.17) is 0 Å². The van der Waals surface area contributed by atoms with E-state index in [0.717, 1.165) is 15.7 Å². The van der Waals surface area contributed by atoms with E-state index in [0.29, 0.717) is 12.5 Å². The Kier molecular flexibility index (Phi) is 3.01. The van der Waals surface area contributed by atoms with Crippen LogP contribution in [0.3, 0.4) is 0 Å². The Morgan fingerprint density at radius 1 is 1.44 bits per heavy atom. The quantitative estimate of drug-likeness (QED) is 0.842. The van der Waals surface area contributed by atoms with E-state index in [-0.39, 0.29) is 5.75 Å². The Labute approximate surface area is 105 Å². The summed E-state index contributed by atoms with van der Waals surface area (Å²) in [6.45, 7) is 4.59. The van der Waals surface area contributed by atoms with Crippen LogP contribution in [-0.4, -0.2) is 15.0 Å². The minimum Gasteiger partial charge on any atom is -0.269 e. The predicted molar refractivity (Wildman–Crippen MR) is 68.9 cm³/mol. The van der Waals surface area contributed by atoms with Gasteiger partial charge in [0.25, 0.3) is 0 Å². The van der Waals surface area contributed by atoms with Crippen molar-refractivity contribution >= 4 is 31.6 Å². The second-order valence-electron chi connectivity index (χ2n) is 4.45. The number of benzene rings is 1. The molecule has 0 aliphatic carbocycles. The van der Waals surface area contributed by atoms with Crippen molar-refractivity contribution in [1.29, 1.82) is 0 Å². The van der Waals surface area contributed by atoms with Gasteiger partial charge in [-0.25, -0.2) is 8.42 Å². The monoisotopic (exact) mass is 303 g/mol. The molecule has 0 unspecified atom stereocenters. The van der Waals surface area contributed by atoms with Crippen molar-refractivity contribution in [3.63, 3.8) is 0 Å². The first-order chi connectivity index (χ1) is 7.40. The number of hydrogen-bond acceptors (Lipinski definition) is 2. The molecule has 0 saturated carbocycles. The standard InChI is InChI=1S/C11H14BrNO2S/c1-8(2)6-13-11-4-3-10(12)5-9(11)7-16(13,14)15/h3-5,8H,6-7H2,1-2H3. The third kappa shape index (κ3) is 2.11. The smallest absolute Gasteiger partial charge is 0.239 e. The average Bonchev–Trinajstić information content (AvgIpc) is 2.36. The van der Waals surface area contributed by atoms with Crippen LogP contribution in [0.5, 0.6) is 0 Å². The van der Waals surface area contributed by atoms with Crippen LogP contribution in [0.15, 0.2) is 22.7 Å². The minimum absolute atomic E-state index is 0.120.